The van der Waals surface area contributed by atoms with Gasteiger partial charge in [0.25, 0.3) is 5.91 Å². The fraction of sp³-hybridized carbons (Fsp3) is 0.227. The summed E-state index contributed by atoms with van der Waals surface area (Å²) in [6.07, 6.45) is 5.09. The van der Waals surface area contributed by atoms with Gasteiger partial charge in [0.1, 0.15) is 0 Å². The molecular weight excluding hydrogens is 336 g/mol. The van der Waals surface area contributed by atoms with E-state index < -0.39 is 0 Å². The van der Waals surface area contributed by atoms with Gasteiger partial charge in [-0.2, -0.15) is 0 Å². The molecule has 1 aromatic heterocycles. The molecule has 2 aromatic carbocycles. The summed E-state index contributed by atoms with van der Waals surface area (Å²) in [5, 5.41) is 6.11. The van der Waals surface area contributed by atoms with Gasteiger partial charge in [-0.15, -0.1) is 0 Å². The highest BCUT2D eigenvalue weighted by molar-refractivity contribution is 6.04. The van der Waals surface area contributed by atoms with Crippen LogP contribution < -0.4 is 10.6 Å². The van der Waals surface area contributed by atoms with E-state index in [-0.39, 0.29) is 5.91 Å². The normalized spacial score (nSPS) is 10.4. The number of benzene rings is 2. The molecule has 3 rings (SSSR count). The van der Waals surface area contributed by atoms with Crippen molar-refractivity contribution in [2.75, 3.05) is 17.2 Å². The number of nitrogens with one attached hydrogen (secondary N) is 2. The summed E-state index contributed by atoms with van der Waals surface area (Å²) in [7, 11) is 0. The first-order chi connectivity index (χ1) is 13.1. The summed E-state index contributed by atoms with van der Waals surface area (Å²) in [6.45, 7) is 4.74. The van der Waals surface area contributed by atoms with Gasteiger partial charge in [0.05, 0.1) is 5.56 Å². The molecule has 3 aromatic rings. The predicted molar refractivity (Wildman–Crippen MR) is 109 cm³/mol. The van der Waals surface area contributed by atoms with Crippen molar-refractivity contribution in [2.24, 2.45) is 0 Å². The highest BCUT2D eigenvalue weighted by atomic mass is 16.1. The van der Waals surface area contributed by atoms with E-state index in [0.29, 0.717) is 11.5 Å². The number of anilines is 2. The molecule has 0 fully saturated rings. The number of aromatic nitrogens is 2. The van der Waals surface area contributed by atoms with Gasteiger partial charge in [0.2, 0.25) is 5.95 Å². The maximum atomic E-state index is 12.4. The highest BCUT2D eigenvalue weighted by Crippen LogP contribution is 2.17. The molecule has 138 valence electrons. The standard InChI is InChI=1S/C22H24N4O/c1-16-10-11-17(2)20(13-16)26-21(27)19-14-24-22(25-15-19)23-12-6-9-18-7-4-3-5-8-18/h3-5,7-8,10-11,13-15H,6,9,12H2,1-2H3,(H,26,27)(H,23,24,25). The molecular formula is C22H24N4O. The molecule has 0 unspecified atom stereocenters. The van der Waals surface area contributed by atoms with E-state index in [0.717, 1.165) is 36.2 Å². The van der Waals surface area contributed by atoms with Crippen LogP contribution in [0.4, 0.5) is 11.6 Å². The van der Waals surface area contributed by atoms with Gasteiger partial charge in [-0.05, 0) is 49.4 Å². The number of aryl methyl sites for hydroxylation is 3. The molecule has 0 atom stereocenters. The molecule has 1 heterocycles. The van der Waals surface area contributed by atoms with Crippen molar-refractivity contribution in [3.63, 3.8) is 0 Å². The van der Waals surface area contributed by atoms with Crippen LogP contribution in [0.2, 0.25) is 0 Å². The van der Waals surface area contributed by atoms with Crippen LogP contribution in [-0.4, -0.2) is 22.4 Å². The van der Waals surface area contributed by atoms with Gasteiger partial charge < -0.3 is 10.6 Å². The van der Waals surface area contributed by atoms with Crippen molar-refractivity contribution in [3.8, 4) is 0 Å². The smallest absolute Gasteiger partial charge is 0.258 e. The SMILES string of the molecule is Cc1ccc(C)c(NC(=O)c2cnc(NCCCc3ccccc3)nc2)c1. The summed E-state index contributed by atoms with van der Waals surface area (Å²) in [6, 6.07) is 16.3. The second kappa shape index (κ2) is 8.94. The second-order valence-electron chi connectivity index (χ2n) is 6.58. The molecule has 0 aliphatic rings. The summed E-state index contributed by atoms with van der Waals surface area (Å²) < 4.78 is 0. The summed E-state index contributed by atoms with van der Waals surface area (Å²) in [4.78, 5) is 20.9. The fourth-order valence-corrected chi connectivity index (χ4v) is 2.74. The molecule has 0 aliphatic heterocycles. The van der Waals surface area contributed by atoms with Crippen molar-refractivity contribution in [1.82, 2.24) is 9.97 Å². The maximum absolute atomic E-state index is 12.4. The van der Waals surface area contributed by atoms with Crippen LogP contribution in [0.1, 0.15) is 33.5 Å². The van der Waals surface area contributed by atoms with E-state index in [9.17, 15) is 4.79 Å². The molecule has 0 aliphatic carbocycles. The van der Waals surface area contributed by atoms with E-state index in [1.807, 2.05) is 50.2 Å². The van der Waals surface area contributed by atoms with Crippen LogP contribution in [-0.2, 0) is 6.42 Å². The van der Waals surface area contributed by atoms with Crippen molar-refractivity contribution >= 4 is 17.5 Å². The zero-order chi connectivity index (χ0) is 19.1. The minimum atomic E-state index is -0.209. The van der Waals surface area contributed by atoms with E-state index in [1.165, 1.54) is 5.56 Å². The lowest BCUT2D eigenvalue weighted by molar-refractivity contribution is 0.102. The first kappa shape index (κ1) is 18.6. The number of hydrogen-bond donors (Lipinski definition) is 2. The number of carbonyl (C=O) groups excluding carboxylic acids is 1. The average molecular weight is 360 g/mol. The third kappa shape index (κ3) is 5.38. The number of hydrogen-bond acceptors (Lipinski definition) is 4. The van der Waals surface area contributed by atoms with Gasteiger partial charge >= 0.3 is 0 Å². The lowest BCUT2D eigenvalue weighted by Crippen LogP contribution is -2.14. The van der Waals surface area contributed by atoms with E-state index in [2.05, 4.69) is 32.7 Å². The quantitative estimate of drug-likeness (QED) is 0.613. The van der Waals surface area contributed by atoms with Gasteiger partial charge in [0, 0.05) is 24.6 Å². The van der Waals surface area contributed by atoms with E-state index in [4.69, 9.17) is 0 Å². The molecule has 5 heteroatoms. The molecule has 0 radical (unpaired) electrons. The summed E-state index contributed by atoms with van der Waals surface area (Å²) in [5.41, 5.74) is 4.68. The average Bonchev–Trinajstić information content (AvgIpc) is 2.69. The molecule has 0 spiro atoms. The van der Waals surface area contributed by atoms with Gasteiger partial charge in [0.15, 0.2) is 0 Å². The monoisotopic (exact) mass is 360 g/mol. The molecule has 0 saturated carbocycles. The van der Waals surface area contributed by atoms with Crippen LogP contribution in [0.15, 0.2) is 60.9 Å². The Kier molecular flexibility index (Phi) is 6.15. The second-order valence-corrected chi connectivity index (χ2v) is 6.58. The molecule has 0 bridgehead atoms. The highest BCUT2D eigenvalue weighted by Gasteiger charge is 2.09. The van der Waals surface area contributed by atoms with Crippen LogP contribution in [0.25, 0.3) is 0 Å². The Morgan fingerprint density at radius 3 is 2.48 bits per heavy atom. The number of rotatable bonds is 7. The Labute approximate surface area is 159 Å². The van der Waals surface area contributed by atoms with Crippen molar-refractivity contribution in [2.45, 2.75) is 26.7 Å². The van der Waals surface area contributed by atoms with E-state index >= 15 is 0 Å². The van der Waals surface area contributed by atoms with Crippen molar-refractivity contribution < 1.29 is 4.79 Å². The molecule has 27 heavy (non-hydrogen) atoms. The Bertz CT molecular complexity index is 892. The first-order valence-electron chi connectivity index (χ1n) is 9.10. The molecule has 5 nitrogen and oxygen atoms in total. The number of carbonyl (C=O) groups is 1. The summed E-state index contributed by atoms with van der Waals surface area (Å²) >= 11 is 0. The van der Waals surface area contributed by atoms with Gasteiger partial charge in [-0.3, -0.25) is 4.79 Å². The topological polar surface area (TPSA) is 66.9 Å². The Balaban J connectivity index is 1.50. The van der Waals surface area contributed by atoms with Crippen LogP contribution in [0.5, 0.6) is 0 Å². The zero-order valence-corrected chi connectivity index (χ0v) is 15.7. The van der Waals surface area contributed by atoms with Crippen LogP contribution in [0, 0.1) is 13.8 Å². The third-order valence-corrected chi connectivity index (χ3v) is 4.32. The molecule has 2 N–H and O–H groups in total. The Morgan fingerprint density at radius 1 is 1.00 bits per heavy atom. The van der Waals surface area contributed by atoms with Crippen molar-refractivity contribution in [3.05, 3.63) is 83.2 Å². The van der Waals surface area contributed by atoms with E-state index in [1.54, 1.807) is 12.4 Å². The largest absolute Gasteiger partial charge is 0.354 e. The van der Waals surface area contributed by atoms with Crippen LogP contribution >= 0.6 is 0 Å². The first-order valence-corrected chi connectivity index (χ1v) is 9.10. The Hall–Kier alpha value is -3.21. The fourth-order valence-electron chi connectivity index (χ4n) is 2.74. The minimum Gasteiger partial charge on any atom is -0.354 e. The molecule has 1 amide bonds. The van der Waals surface area contributed by atoms with Crippen molar-refractivity contribution in [1.29, 1.82) is 0 Å². The van der Waals surface area contributed by atoms with Gasteiger partial charge in [-0.1, -0.05) is 42.5 Å². The molecule has 0 saturated heterocycles. The lowest BCUT2D eigenvalue weighted by Gasteiger charge is -2.09. The summed E-state index contributed by atoms with van der Waals surface area (Å²) in [5.74, 6) is 0.325. The zero-order valence-electron chi connectivity index (χ0n) is 15.7. The minimum absolute atomic E-state index is 0.209. The number of nitrogens with zero attached hydrogens (tertiary/aromatic N) is 2. The maximum Gasteiger partial charge on any atom is 0.258 e. The van der Waals surface area contributed by atoms with Crippen LogP contribution in [0.3, 0.4) is 0 Å². The van der Waals surface area contributed by atoms with Gasteiger partial charge in [-0.25, -0.2) is 9.97 Å². The predicted octanol–water partition coefficient (Wildman–Crippen LogP) is 4.39. The Morgan fingerprint density at radius 2 is 1.74 bits per heavy atom. The number of amides is 1. The third-order valence-electron chi connectivity index (χ3n) is 4.32. The lowest BCUT2D eigenvalue weighted by atomic mass is 10.1.